The molecule has 1 aromatic heterocycles. The number of aromatic nitrogens is 2. The summed E-state index contributed by atoms with van der Waals surface area (Å²) in [6.45, 7) is 5.77. The first-order valence-corrected chi connectivity index (χ1v) is 12.9. The van der Waals surface area contributed by atoms with Crippen LogP contribution < -0.4 is 14.4 Å². The first-order valence-electron chi connectivity index (χ1n) is 12.2. The molecule has 4 aromatic rings. The Labute approximate surface area is 234 Å². The number of ether oxygens (including phenoxy) is 2. The first kappa shape index (κ1) is 26.6. The molecule has 0 spiro atoms. The maximum absolute atomic E-state index is 13.5. The molecule has 1 saturated heterocycles. The van der Waals surface area contributed by atoms with E-state index in [-0.39, 0.29) is 39.0 Å². The molecule has 0 saturated carbocycles. The number of aliphatic hydroxyl groups excluding tert-OH is 1. The van der Waals surface area contributed by atoms with E-state index in [1.54, 1.807) is 24.3 Å². The summed E-state index contributed by atoms with van der Waals surface area (Å²) in [6.07, 6.45) is -0.0370. The molecule has 10 heteroatoms. The third-order valence-corrected chi connectivity index (χ3v) is 6.90. The van der Waals surface area contributed by atoms with Crippen molar-refractivity contribution in [3.05, 3.63) is 86.9 Å². The van der Waals surface area contributed by atoms with Gasteiger partial charge in [-0.15, -0.1) is 0 Å². The fourth-order valence-electron chi connectivity index (χ4n) is 4.64. The van der Waals surface area contributed by atoms with Crippen LogP contribution >= 0.6 is 23.2 Å². The van der Waals surface area contributed by atoms with Crippen molar-refractivity contribution in [1.82, 2.24) is 9.97 Å². The highest BCUT2D eigenvalue weighted by atomic mass is 35.5. The minimum Gasteiger partial charge on any atom is -0.507 e. The first-order chi connectivity index (χ1) is 18.6. The number of carbonyl (C=O) groups is 2. The number of hydrogen-bond acceptors (Lipinski definition) is 6. The molecule has 0 aliphatic carbocycles. The highest BCUT2D eigenvalue weighted by Crippen LogP contribution is 2.43. The molecule has 1 aliphatic heterocycles. The lowest BCUT2D eigenvalue weighted by molar-refractivity contribution is -0.132. The SMILES string of the molecule is COc1c(Cl)cc(/C(O)=C2\C(=O)C(=O)N(c3nc4ccc(C)cc4[nH]3)C2c2ccc(OC(C)C)cc2)cc1Cl. The van der Waals surface area contributed by atoms with Crippen molar-refractivity contribution in [3.8, 4) is 11.5 Å². The quantitative estimate of drug-likeness (QED) is 0.155. The van der Waals surface area contributed by atoms with E-state index >= 15 is 0 Å². The predicted molar refractivity (Wildman–Crippen MR) is 151 cm³/mol. The predicted octanol–water partition coefficient (Wildman–Crippen LogP) is 6.60. The van der Waals surface area contributed by atoms with E-state index in [1.165, 1.54) is 24.1 Å². The van der Waals surface area contributed by atoms with Crippen molar-refractivity contribution in [1.29, 1.82) is 0 Å². The Kier molecular flexibility index (Phi) is 7.01. The molecule has 3 aromatic carbocycles. The van der Waals surface area contributed by atoms with Crippen molar-refractivity contribution in [2.75, 3.05) is 12.0 Å². The van der Waals surface area contributed by atoms with Crippen LogP contribution in [0, 0.1) is 6.92 Å². The summed E-state index contributed by atoms with van der Waals surface area (Å²) in [7, 11) is 1.42. The fraction of sp³-hybridized carbons (Fsp3) is 0.207. The van der Waals surface area contributed by atoms with E-state index in [4.69, 9.17) is 32.7 Å². The van der Waals surface area contributed by atoms with Crippen molar-refractivity contribution in [2.24, 2.45) is 0 Å². The number of aryl methyl sites for hydroxylation is 1. The third-order valence-electron chi connectivity index (χ3n) is 6.34. The van der Waals surface area contributed by atoms with E-state index in [0.717, 1.165) is 5.56 Å². The normalized spacial score (nSPS) is 16.9. The lowest BCUT2D eigenvalue weighted by Gasteiger charge is -2.23. The average Bonchev–Trinajstić information content (AvgIpc) is 3.41. The maximum atomic E-state index is 13.5. The summed E-state index contributed by atoms with van der Waals surface area (Å²) in [4.78, 5) is 36.0. The summed E-state index contributed by atoms with van der Waals surface area (Å²) in [5.74, 6) is -1.12. The van der Waals surface area contributed by atoms with Gasteiger partial charge in [0, 0.05) is 5.56 Å². The number of nitrogens with zero attached hydrogens (tertiary/aromatic N) is 2. The van der Waals surface area contributed by atoms with Gasteiger partial charge in [0.1, 0.15) is 11.5 Å². The van der Waals surface area contributed by atoms with Crippen molar-refractivity contribution in [2.45, 2.75) is 32.9 Å². The van der Waals surface area contributed by atoms with Gasteiger partial charge in [-0.1, -0.05) is 41.4 Å². The van der Waals surface area contributed by atoms with E-state index in [9.17, 15) is 14.7 Å². The van der Waals surface area contributed by atoms with Gasteiger partial charge in [-0.05, 0) is 68.3 Å². The molecule has 1 aliphatic rings. The number of hydrogen-bond donors (Lipinski definition) is 2. The molecule has 0 bridgehead atoms. The number of amides is 1. The summed E-state index contributed by atoms with van der Waals surface area (Å²) >= 11 is 12.6. The second-order valence-electron chi connectivity index (χ2n) is 9.46. The topological polar surface area (TPSA) is 105 Å². The Morgan fingerprint density at radius 1 is 1.05 bits per heavy atom. The van der Waals surface area contributed by atoms with Gasteiger partial charge in [0.25, 0.3) is 5.78 Å². The third kappa shape index (κ3) is 4.82. The number of ketones is 1. The fourth-order valence-corrected chi connectivity index (χ4v) is 5.28. The van der Waals surface area contributed by atoms with Crippen LogP contribution in [0.15, 0.2) is 60.2 Å². The van der Waals surface area contributed by atoms with E-state index < -0.39 is 23.5 Å². The molecule has 1 atom stereocenters. The van der Waals surface area contributed by atoms with Crippen LogP contribution in [0.25, 0.3) is 16.8 Å². The Morgan fingerprint density at radius 2 is 1.72 bits per heavy atom. The molecular formula is C29H25Cl2N3O5. The lowest BCUT2D eigenvalue weighted by atomic mass is 9.95. The van der Waals surface area contributed by atoms with E-state index in [0.29, 0.717) is 22.3 Å². The number of aromatic amines is 1. The van der Waals surface area contributed by atoms with Gasteiger partial charge in [-0.2, -0.15) is 0 Å². The van der Waals surface area contributed by atoms with Crippen LogP contribution in [0.5, 0.6) is 11.5 Å². The molecule has 39 heavy (non-hydrogen) atoms. The highest BCUT2D eigenvalue weighted by molar-refractivity contribution is 6.51. The summed E-state index contributed by atoms with van der Waals surface area (Å²) in [5, 5.41) is 11.7. The molecule has 1 fully saturated rings. The van der Waals surface area contributed by atoms with Gasteiger partial charge in [0.05, 0.1) is 45.9 Å². The standard InChI is InChI=1S/C29H25Cl2N3O5/c1-14(2)39-18-8-6-16(7-9-18)24-23(25(35)17-12-19(30)27(38-4)20(31)13-17)26(36)28(37)34(24)29-32-21-10-5-15(3)11-22(21)33-29/h5-14,24,35H,1-4H3,(H,32,33)/b25-23+. The van der Waals surface area contributed by atoms with Gasteiger partial charge in [0.15, 0.2) is 5.75 Å². The lowest BCUT2D eigenvalue weighted by Crippen LogP contribution is -2.30. The number of benzene rings is 3. The average molecular weight is 566 g/mol. The van der Waals surface area contributed by atoms with Crippen molar-refractivity contribution >= 4 is 57.6 Å². The molecule has 1 amide bonds. The zero-order valence-corrected chi connectivity index (χ0v) is 23.1. The smallest absolute Gasteiger partial charge is 0.302 e. The molecule has 0 radical (unpaired) electrons. The van der Waals surface area contributed by atoms with Gasteiger partial charge in [-0.25, -0.2) is 4.98 Å². The molecular weight excluding hydrogens is 541 g/mol. The summed E-state index contributed by atoms with van der Waals surface area (Å²) in [6, 6.07) is 14.5. The van der Waals surface area contributed by atoms with E-state index in [2.05, 4.69) is 9.97 Å². The van der Waals surface area contributed by atoms with Crippen molar-refractivity contribution in [3.63, 3.8) is 0 Å². The maximum Gasteiger partial charge on any atom is 0.302 e. The van der Waals surface area contributed by atoms with Gasteiger partial charge < -0.3 is 19.6 Å². The molecule has 8 nitrogen and oxygen atoms in total. The summed E-state index contributed by atoms with van der Waals surface area (Å²) in [5.41, 5.74) is 2.94. The van der Waals surface area contributed by atoms with Crippen LogP contribution in [0.3, 0.4) is 0 Å². The number of Topliss-reactive ketones (excluding diaryl/α,β-unsaturated/α-hetero) is 1. The number of rotatable bonds is 6. The van der Waals surface area contributed by atoms with Crippen LogP contribution in [-0.2, 0) is 9.59 Å². The number of anilines is 1. The monoisotopic (exact) mass is 565 g/mol. The Bertz CT molecular complexity index is 1620. The summed E-state index contributed by atoms with van der Waals surface area (Å²) < 4.78 is 11.0. The molecule has 2 heterocycles. The van der Waals surface area contributed by atoms with Gasteiger partial charge in [-0.3, -0.25) is 14.5 Å². The van der Waals surface area contributed by atoms with E-state index in [1.807, 2.05) is 39.0 Å². The zero-order chi connectivity index (χ0) is 28.0. The number of carbonyl (C=O) groups excluding carboxylic acids is 2. The number of halogens is 2. The highest BCUT2D eigenvalue weighted by Gasteiger charge is 2.48. The van der Waals surface area contributed by atoms with Gasteiger partial charge >= 0.3 is 5.91 Å². The van der Waals surface area contributed by atoms with Crippen LogP contribution in [0.4, 0.5) is 5.95 Å². The molecule has 5 rings (SSSR count). The Balaban J connectivity index is 1.70. The minimum absolute atomic E-state index is 0.0370. The van der Waals surface area contributed by atoms with Crippen LogP contribution in [0.1, 0.15) is 36.6 Å². The largest absolute Gasteiger partial charge is 0.507 e. The van der Waals surface area contributed by atoms with Gasteiger partial charge in [0.2, 0.25) is 5.95 Å². The van der Waals surface area contributed by atoms with Crippen LogP contribution in [0.2, 0.25) is 10.0 Å². The number of methoxy groups -OCH3 is 1. The number of nitrogens with one attached hydrogen (secondary N) is 1. The zero-order valence-electron chi connectivity index (χ0n) is 21.6. The second kappa shape index (κ2) is 10.3. The second-order valence-corrected chi connectivity index (χ2v) is 10.3. The molecule has 200 valence electrons. The number of imidazole rings is 1. The number of aliphatic hydroxyl groups is 1. The molecule has 2 N–H and O–H groups in total. The molecule has 1 unspecified atom stereocenters. The van der Waals surface area contributed by atoms with Crippen LogP contribution in [-0.4, -0.2) is 40.0 Å². The number of H-pyrrole nitrogens is 1. The Hall–Kier alpha value is -4.01. The Morgan fingerprint density at radius 3 is 2.33 bits per heavy atom. The van der Waals surface area contributed by atoms with Crippen molar-refractivity contribution < 1.29 is 24.2 Å². The minimum atomic E-state index is -1.00. The number of fused-ring (bicyclic) bond motifs is 1.